The molecule has 0 aliphatic heterocycles. The number of rotatable bonds is 3. The predicted octanol–water partition coefficient (Wildman–Crippen LogP) is 2.84. The van der Waals surface area contributed by atoms with E-state index >= 15 is 0 Å². The summed E-state index contributed by atoms with van der Waals surface area (Å²) in [5, 5.41) is 2.83. The van der Waals surface area contributed by atoms with Crippen LogP contribution in [0, 0.1) is 11.7 Å². The lowest BCUT2D eigenvalue weighted by atomic mass is 9.96. The van der Waals surface area contributed by atoms with Crippen LogP contribution in [0.25, 0.3) is 0 Å². The minimum atomic E-state index is -0.673. The molecule has 0 radical (unpaired) electrons. The van der Waals surface area contributed by atoms with Gasteiger partial charge in [-0.05, 0) is 18.1 Å². The number of nitrogens with two attached hydrogens (primary N) is 1. The van der Waals surface area contributed by atoms with Crippen molar-refractivity contribution in [3.8, 4) is 0 Å². The molecule has 88 valence electrons. The lowest BCUT2D eigenvalue weighted by Crippen LogP contribution is -2.36. The highest BCUT2D eigenvalue weighted by Gasteiger charge is 2.20. The Morgan fingerprint density at radius 3 is 2.56 bits per heavy atom. The van der Waals surface area contributed by atoms with Crippen LogP contribution in [-0.4, -0.2) is 6.03 Å². The Labute approximate surface area is 98.8 Å². The summed E-state index contributed by atoms with van der Waals surface area (Å²) < 4.78 is 13.6. The van der Waals surface area contributed by atoms with Crippen LogP contribution in [0.5, 0.6) is 0 Å². The number of hydrogen-bond donors (Lipinski definition) is 2. The van der Waals surface area contributed by atoms with Gasteiger partial charge in [-0.25, -0.2) is 9.18 Å². The molecule has 0 aliphatic rings. The van der Waals surface area contributed by atoms with Gasteiger partial charge in [0.1, 0.15) is 5.82 Å². The first-order valence-corrected chi connectivity index (χ1v) is 5.30. The maximum absolute atomic E-state index is 13.6. The van der Waals surface area contributed by atoms with Crippen LogP contribution in [0.1, 0.15) is 25.5 Å². The van der Waals surface area contributed by atoms with Crippen molar-refractivity contribution in [2.45, 2.75) is 19.9 Å². The summed E-state index contributed by atoms with van der Waals surface area (Å²) >= 11 is 5.65. The molecular formula is C11H14ClFN2O. The molecule has 1 rings (SSSR count). The van der Waals surface area contributed by atoms with E-state index in [-0.39, 0.29) is 5.92 Å². The van der Waals surface area contributed by atoms with Crippen molar-refractivity contribution < 1.29 is 9.18 Å². The highest BCUT2D eigenvalue weighted by Crippen LogP contribution is 2.26. The number of carbonyl (C=O) groups is 1. The van der Waals surface area contributed by atoms with E-state index in [0.717, 1.165) is 0 Å². The summed E-state index contributed by atoms with van der Waals surface area (Å²) in [6.07, 6.45) is 0. The van der Waals surface area contributed by atoms with Crippen molar-refractivity contribution >= 4 is 17.6 Å². The molecule has 2 amide bonds. The van der Waals surface area contributed by atoms with Crippen LogP contribution in [0.4, 0.5) is 9.18 Å². The highest BCUT2D eigenvalue weighted by molar-refractivity contribution is 6.30. The summed E-state index contributed by atoms with van der Waals surface area (Å²) in [5.41, 5.74) is 5.44. The molecule has 1 unspecified atom stereocenters. The van der Waals surface area contributed by atoms with Gasteiger partial charge in [-0.1, -0.05) is 31.5 Å². The van der Waals surface area contributed by atoms with Gasteiger partial charge in [0, 0.05) is 10.6 Å². The highest BCUT2D eigenvalue weighted by atomic mass is 35.5. The molecule has 3 N–H and O–H groups in total. The Bertz CT molecular complexity index is 396. The molecule has 0 aliphatic carbocycles. The maximum Gasteiger partial charge on any atom is 0.312 e. The van der Waals surface area contributed by atoms with Crippen molar-refractivity contribution in [1.82, 2.24) is 5.32 Å². The van der Waals surface area contributed by atoms with Crippen molar-refractivity contribution in [1.29, 1.82) is 0 Å². The standard InChI is InChI=1S/C11H14ClFN2O/c1-6(2)10(15-11(14)16)8-4-3-7(12)5-9(8)13/h3-6,10H,1-2H3,(H3,14,15,16). The second-order valence-corrected chi connectivity index (χ2v) is 4.33. The number of amides is 2. The zero-order valence-corrected chi connectivity index (χ0v) is 9.88. The van der Waals surface area contributed by atoms with Crippen LogP contribution in [0.3, 0.4) is 0 Å². The molecule has 1 aromatic rings. The number of halogens is 2. The first-order chi connectivity index (χ1) is 7.41. The molecule has 5 heteroatoms. The average Bonchev–Trinajstić information content (AvgIpc) is 2.14. The Kier molecular flexibility index (Phi) is 4.12. The summed E-state index contributed by atoms with van der Waals surface area (Å²) in [4.78, 5) is 10.8. The van der Waals surface area contributed by atoms with Gasteiger partial charge in [-0.2, -0.15) is 0 Å². The van der Waals surface area contributed by atoms with E-state index in [1.54, 1.807) is 12.1 Å². The molecule has 16 heavy (non-hydrogen) atoms. The summed E-state index contributed by atoms with van der Waals surface area (Å²) in [7, 11) is 0. The van der Waals surface area contributed by atoms with Crippen molar-refractivity contribution in [2.24, 2.45) is 11.7 Å². The second kappa shape index (κ2) is 5.16. The zero-order valence-electron chi connectivity index (χ0n) is 9.13. The Morgan fingerprint density at radius 2 is 2.12 bits per heavy atom. The first kappa shape index (κ1) is 12.8. The SMILES string of the molecule is CC(C)C(NC(N)=O)c1ccc(Cl)cc1F. The number of nitrogens with one attached hydrogen (secondary N) is 1. The Hall–Kier alpha value is -1.29. The molecule has 0 saturated heterocycles. The van der Waals surface area contributed by atoms with Gasteiger partial charge in [0.25, 0.3) is 0 Å². The van der Waals surface area contributed by atoms with Crippen LogP contribution >= 0.6 is 11.6 Å². The van der Waals surface area contributed by atoms with Crippen molar-refractivity contribution in [3.05, 3.63) is 34.6 Å². The number of primary amides is 1. The molecule has 3 nitrogen and oxygen atoms in total. The smallest absolute Gasteiger partial charge is 0.312 e. The van der Waals surface area contributed by atoms with E-state index in [1.807, 2.05) is 13.8 Å². The predicted molar refractivity (Wildman–Crippen MR) is 61.7 cm³/mol. The molecule has 1 atom stereocenters. The normalized spacial score (nSPS) is 12.6. The Morgan fingerprint density at radius 1 is 1.50 bits per heavy atom. The quantitative estimate of drug-likeness (QED) is 0.844. The average molecular weight is 245 g/mol. The fraction of sp³-hybridized carbons (Fsp3) is 0.364. The molecule has 0 aromatic heterocycles. The lowest BCUT2D eigenvalue weighted by Gasteiger charge is -2.22. The second-order valence-electron chi connectivity index (χ2n) is 3.90. The first-order valence-electron chi connectivity index (χ1n) is 4.92. The van der Waals surface area contributed by atoms with Crippen LogP contribution in [-0.2, 0) is 0 Å². The largest absolute Gasteiger partial charge is 0.352 e. The van der Waals surface area contributed by atoms with Crippen molar-refractivity contribution in [3.63, 3.8) is 0 Å². The fourth-order valence-corrected chi connectivity index (χ4v) is 1.67. The number of urea groups is 1. The minimum absolute atomic E-state index is 0.0307. The third kappa shape index (κ3) is 3.10. The van der Waals surface area contributed by atoms with E-state index in [4.69, 9.17) is 17.3 Å². The molecule has 0 bridgehead atoms. The van der Waals surface area contributed by atoms with Gasteiger partial charge in [-0.15, -0.1) is 0 Å². The minimum Gasteiger partial charge on any atom is -0.352 e. The zero-order chi connectivity index (χ0) is 12.3. The van der Waals surface area contributed by atoms with Crippen LogP contribution in [0.15, 0.2) is 18.2 Å². The molecule has 0 heterocycles. The topological polar surface area (TPSA) is 55.1 Å². The monoisotopic (exact) mass is 244 g/mol. The van der Waals surface area contributed by atoms with Crippen LogP contribution in [0.2, 0.25) is 5.02 Å². The Balaban J connectivity index is 3.05. The number of hydrogen-bond acceptors (Lipinski definition) is 1. The van der Waals surface area contributed by atoms with E-state index < -0.39 is 17.9 Å². The fourth-order valence-electron chi connectivity index (χ4n) is 1.51. The van der Waals surface area contributed by atoms with Gasteiger partial charge in [-0.3, -0.25) is 0 Å². The third-order valence-electron chi connectivity index (χ3n) is 2.26. The van der Waals surface area contributed by atoms with E-state index in [9.17, 15) is 9.18 Å². The van der Waals surface area contributed by atoms with Gasteiger partial charge < -0.3 is 11.1 Å². The van der Waals surface area contributed by atoms with E-state index in [2.05, 4.69) is 5.32 Å². The molecule has 1 aromatic carbocycles. The van der Waals surface area contributed by atoms with Gasteiger partial charge in [0.05, 0.1) is 6.04 Å². The third-order valence-corrected chi connectivity index (χ3v) is 2.50. The van der Waals surface area contributed by atoms with Gasteiger partial charge in [0.2, 0.25) is 0 Å². The summed E-state index contributed by atoms with van der Waals surface area (Å²) in [6.45, 7) is 3.74. The van der Waals surface area contributed by atoms with Gasteiger partial charge in [0.15, 0.2) is 0 Å². The maximum atomic E-state index is 13.6. The van der Waals surface area contributed by atoms with Gasteiger partial charge >= 0.3 is 6.03 Å². The van der Waals surface area contributed by atoms with Crippen LogP contribution < -0.4 is 11.1 Å². The summed E-state index contributed by atoms with van der Waals surface area (Å²) in [6, 6.07) is 3.23. The van der Waals surface area contributed by atoms with Crippen molar-refractivity contribution in [2.75, 3.05) is 0 Å². The molecule has 0 fully saturated rings. The molecule has 0 spiro atoms. The summed E-state index contributed by atoms with van der Waals surface area (Å²) in [5.74, 6) is -0.414. The van der Waals surface area contributed by atoms with E-state index in [1.165, 1.54) is 6.07 Å². The number of benzene rings is 1. The lowest BCUT2D eigenvalue weighted by molar-refractivity contribution is 0.241. The number of carbonyl (C=O) groups excluding carboxylic acids is 1. The molecule has 0 saturated carbocycles. The van der Waals surface area contributed by atoms with E-state index in [0.29, 0.717) is 10.6 Å². The molecular weight excluding hydrogens is 231 g/mol.